The fraction of sp³-hybridized carbons (Fsp3) is 0.400. The fourth-order valence-electron chi connectivity index (χ4n) is 0.759. The minimum atomic E-state index is -0.476. The molecule has 1 heterocycles. The van der Waals surface area contributed by atoms with Gasteiger partial charge in [-0.25, -0.2) is 24.4 Å². The predicted octanol–water partition coefficient (Wildman–Crippen LogP) is -1.46. The molecule has 6 nitrogen and oxygen atoms in total. The van der Waals surface area contributed by atoms with E-state index in [4.69, 9.17) is 5.73 Å². The number of rotatable bonds is 3. The molecule has 0 saturated heterocycles. The van der Waals surface area contributed by atoms with E-state index in [0.29, 0.717) is 6.42 Å². The van der Waals surface area contributed by atoms with Gasteiger partial charge in [0.2, 0.25) is 0 Å². The van der Waals surface area contributed by atoms with Crippen LogP contribution in [0.1, 0.15) is 6.42 Å². The van der Waals surface area contributed by atoms with Gasteiger partial charge in [0.25, 0.3) is 0 Å². The van der Waals surface area contributed by atoms with Crippen LogP contribution in [0.25, 0.3) is 0 Å². The number of nitrogens with zero attached hydrogens (tertiary/aromatic N) is 1. The number of nitrogens with two attached hydrogens (primary N) is 1. The summed E-state index contributed by atoms with van der Waals surface area (Å²) in [4.78, 5) is 22.0. The Morgan fingerprint density at radius 2 is 1.92 bits per heavy atom. The smallest absolute Gasteiger partial charge is 0.344 e. The van der Waals surface area contributed by atoms with Crippen LogP contribution in [0, 0.1) is 0 Å². The van der Waals surface area contributed by atoms with Gasteiger partial charge in [0.1, 0.15) is 0 Å². The van der Waals surface area contributed by atoms with E-state index < -0.39 is 11.4 Å². The third-order valence-corrected chi connectivity index (χ3v) is 1.55. The Morgan fingerprint density at radius 1 is 1.42 bits per heavy atom. The van der Waals surface area contributed by atoms with Crippen LogP contribution in [-0.2, 0) is 6.54 Å². The van der Waals surface area contributed by atoms with E-state index in [1.54, 1.807) is 0 Å². The molecule has 0 aliphatic rings. The molecule has 0 unspecified atom stereocenters. The maximum absolute atomic E-state index is 10.8. The second-order valence-electron chi connectivity index (χ2n) is 2.23. The summed E-state index contributed by atoms with van der Waals surface area (Å²) in [6.45, 7) is 0.215. The van der Waals surface area contributed by atoms with Gasteiger partial charge in [0, 0.05) is 13.0 Å². The van der Waals surface area contributed by atoms with Crippen molar-refractivity contribution in [3.63, 3.8) is 0 Å². The van der Waals surface area contributed by atoms with Crippen LogP contribution in [0.5, 0.6) is 0 Å². The first kappa shape index (κ1) is 8.72. The summed E-state index contributed by atoms with van der Waals surface area (Å²) in [5, 5.41) is 4.29. The highest BCUT2D eigenvalue weighted by Crippen LogP contribution is 1.81. The molecule has 0 aliphatic carbocycles. The van der Waals surface area contributed by atoms with Gasteiger partial charge < -0.3 is 5.73 Å². The minimum absolute atomic E-state index is 0.215. The van der Waals surface area contributed by atoms with Crippen molar-refractivity contribution < 1.29 is 0 Å². The number of nitrogens with one attached hydrogen (secondary N) is 2. The van der Waals surface area contributed by atoms with Gasteiger partial charge in [0.05, 0.1) is 4.99 Å². The van der Waals surface area contributed by atoms with Crippen molar-refractivity contribution in [2.24, 2.45) is 5.73 Å². The molecule has 0 radical (unpaired) electrons. The van der Waals surface area contributed by atoms with E-state index in [2.05, 4.69) is 22.4 Å². The zero-order valence-corrected chi connectivity index (χ0v) is 6.98. The quantitative estimate of drug-likeness (QED) is 0.505. The van der Waals surface area contributed by atoms with E-state index >= 15 is 0 Å². The summed E-state index contributed by atoms with van der Waals surface area (Å²) in [5.74, 6) is 0. The van der Waals surface area contributed by atoms with Gasteiger partial charge in [-0.2, -0.15) is 0 Å². The summed E-state index contributed by atoms with van der Waals surface area (Å²) in [7, 11) is 0. The van der Waals surface area contributed by atoms with Crippen LogP contribution in [0.3, 0.4) is 0 Å². The Morgan fingerprint density at radius 3 is 2.33 bits per heavy atom. The number of hydrogen-bond donors (Lipinski definition) is 3. The highest BCUT2D eigenvalue weighted by Gasteiger charge is 2.01. The second kappa shape index (κ2) is 3.35. The molecule has 0 aromatic carbocycles. The van der Waals surface area contributed by atoms with Crippen molar-refractivity contribution >= 4 is 17.2 Å². The van der Waals surface area contributed by atoms with Gasteiger partial charge in [-0.3, -0.25) is 0 Å². The largest absolute Gasteiger partial charge is 0.393 e. The van der Waals surface area contributed by atoms with Crippen LogP contribution in [0.15, 0.2) is 9.59 Å². The normalized spacial score (nSPS) is 10.0. The van der Waals surface area contributed by atoms with Crippen LogP contribution in [0.2, 0.25) is 0 Å². The molecule has 1 aromatic rings. The molecule has 0 spiro atoms. The van der Waals surface area contributed by atoms with Gasteiger partial charge in [0.15, 0.2) is 0 Å². The third-order valence-electron chi connectivity index (χ3n) is 1.35. The highest BCUT2D eigenvalue weighted by molar-refractivity contribution is 7.80. The number of hydrogen-bond acceptors (Lipinski definition) is 3. The van der Waals surface area contributed by atoms with E-state index in [9.17, 15) is 9.59 Å². The Balaban J connectivity index is 2.82. The number of aromatic amines is 2. The van der Waals surface area contributed by atoms with Crippen molar-refractivity contribution in [2.75, 3.05) is 0 Å². The molecule has 66 valence electrons. The van der Waals surface area contributed by atoms with Crippen LogP contribution in [-0.4, -0.2) is 19.8 Å². The molecule has 7 heteroatoms. The van der Waals surface area contributed by atoms with Crippen LogP contribution < -0.4 is 17.1 Å². The fourth-order valence-corrected chi connectivity index (χ4v) is 0.850. The Hall–Kier alpha value is -1.37. The molecule has 0 saturated carbocycles. The van der Waals surface area contributed by atoms with Crippen LogP contribution in [0.4, 0.5) is 0 Å². The SMILES string of the molecule is NC(=S)CCn1c(=O)[nH][nH]c1=O. The van der Waals surface area contributed by atoms with Crippen molar-refractivity contribution in [3.05, 3.63) is 21.0 Å². The van der Waals surface area contributed by atoms with E-state index in [1.807, 2.05) is 0 Å². The standard InChI is InChI=1S/C5H8N4O2S/c6-3(12)1-2-9-4(10)7-8-5(9)11/h1-2H2,(H2,6,12)(H,7,10)(H,8,11). The number of aromatic nitrogens is 3. The Kier molecular flexibility index (Phi) is 2.44. The first-order valence-corrected chi connectivity index (χ1v) is 3.68. The minimum Gasteiger partial charge on any atom is -0.393 e. The molecule has 4 N–H and O–H groups in total. The maximum Gasteiger partial charge on any atom is 0.344 e. The Labute approximate surface area is 72.4 Å². The van der Waals surface area contributed by atoms with Gasteiger partial charge in [-0.15, -0.1) is 0 Å². The zero-order valence-electron chi connectivity index (χ0n) is 6.16. The lowest BCUT2D eigenvalue weighted by Crippen LogP contribution is -2.28. The summed E-state index contributed by atoms with van der Waals surface area (Å²) in [6.07, 6.45) is 0.343. The molecule has 0 amide bonds. The molecule has 1 aromatic heterocycles. The number of H-pyrrole nitrogens is 2. The van der Waals surface area contributed by atoms with E-state index in [0.717, 1.165) is 4.57 Å². The van der Waals surface area contributed by atoms with Crippen molar-refractivity contribution in [1.82, 2.24) is 14.8 Å². The lowest BCUT2D eigenvalue weighted by Gasteiger charge is -1.95. The van der Waals surface area contributed by atoms with E-state index in [1.165, 1.54) is 0 Å². The number of thiocarbonyl (C=S) groups is 1. The molecule has 12 heavy (non-hydrogen) atoms. The second-order valence-corrected chi connectivity index (χ2v) is 2.75. The predicted molar refractivity (Wildman–Crippen MR) is 47.1 cm³/mol. The summed E-state index contributed by atoms with van der Waals surface area (Å²) >= 11 is 4.60. The zero-order chi connectivity index (χ0) is 9.14. The first-order valence-electron chi connectivity index (χ1n) is 3.27. The molecular formula is C5H8N4O2S. The van der Waals surface area contributed by atoms with Crippen molar-refractivity contribution in [2.45, 2.75) is 13.0 Å². The van der Waals surface area contributed by atoms with Crippen molar-refractivity contribution in [3.8, 4) is 0 Å². The highest BCUT2D eigenvalue weighted by atomic mass is 32.1. The lowest BCUT2D eigenvalue weighted by molar-refractivity contribution is 0.674. The van der Waals surface area contributed by atoms with Crippen molar-refractivity contribution in [1.29, 1.82) is 0 Å². The summed E-state index contributed by atoms with van der Waals surface area (Å²) < 4.78 is 0.999. The molecular weight excluding hydrogens is 180 g/mol. The average Bonchev–Trinajstić information content (AvgIpc) is 2.28. The average molecular weight is 188 g/mol. The van der Waals surface area contributed by atoms with Crippen LogP contribution >= 0.6 is 12.2 Å². The molecule has 0 fully saturated rings. The first-order chi connectivity index (χ1) is 5.61. The van der Waals surface area contributed by atoms with E-state index in [-0.39, 0.29) is 11.5 Å². The topological polar surface area (TPSA) is 96.7 Å². The third kappa shape index (κ3) is 1.82. The Bertz CT molecular complexity index is 359. The maximum atomic E-state index is 10.8. The van der Waals surface area contributed by atoms with Gasteiger partial charge in [-0.1, -0.05) is 12.2 Å². The molecule has 1 rings (SSSR count). The molecule has 0 atom stereocenters. The van der Waals surface area contributed by atoms with Gasteiger partial charge in [-0.05, 0) is 0 Å². The van der Waals surface area contributed by atoms with Gasteiger partial charge >= 0.3 is 11.4 Å². The summed E-state index contributed by atoms with van der Waals surface area (Å²) in [6, 6.07) is 0. The molecule has 0 bridgehead atoms. The molecule has 0 aliphatic heterocycles. The summed E-state index contributed by atoms with van der Waals surface area (Å²) in [5.41, 5.74) is 4.25. The lowest BCUT2D eigenvalue weighted by atomic mass is 10.4. The monoisotopic (exact) mass is 188 g/mol.